The number of methoxy groups -OCH3 is 1. The third-order valence-corrected chi connectivity index (χ3v) is 3.25. The van der Waals surface area contributed by atoms with Crippen molar-refractivity contribution in [2.24, 2.45) is 5.92 Å². The van der Waals surface area contributed by atoms with E-state index in [9.17, 15) is 4.79 Å². The van der Waals surface area contributed by atoms with Crippen molar-refractivity contribution in [1.29, 1.82) is 0 Å². The first-order chi connectivity index (χ1) is 7.56. The second-order valence-corrected chi connectivity index (χ2v) is 4.90. The van der Waals surface area contributed by atoms with Gasteiger partial charge >= 0.3 is 0 Å². The van der Waals surface area contributed by atoms with Crippen LogP contribution in [0.3, 0.4) is 0 Å². The molecule has 0 aromatic heterocycles. The molecule has 0 aliphatic carbocycles. The SMILES string of the molecule is COCCC(=O)N1CC(C(C)C)NCC1C. The zero-order valence-electron chi connectivity index (χ0n) is 10.8. The van der Waals surface area contributed by atoms with E-state index in [0.717, 1.165) is 13.1 Å². The van der Waals surface area contributed by atoms with Gasteiger partial charge in [0.2, 0.25) is 5.91 Å². The van der Waals surface area contributed by atoms with Crippen LogP contribution in [0.4, 0.5) is 0 Å². The lowest BCUT2D eigenvalue weighted by molar-refractivity contribution is -0.136. The van der Waals surface area contributed by atoms with Gasteiger partial charge in [-0.05, 0) is 12.8 Å². The fourth-order valence-corrected chi connectivity index (χ4v) is 2.02. The zero-order valence-corrected chi connectivity index (χ0v) is 10.8. The number of nitrogens with one attached hydrogen (secondary N) is 1. The van der Waals surface area contributed by atoms with Crippen molar-refractivity contribution in [3.63, 3.8) is 0 Å². The van der Waals surface area contributed by atoms with Crippen LogP contribution in [0, 0.1) is 5.92 Å². The van der Waals surface area contributed by atoms with E-state index in [1.807, 2.05) is 4.90 Å². The van der Waals surface area contributed by atoms with E-state index < -0.39 is 0 Å². The molecule has 0 bridgehead atoms. The number of piperazine rings is 1. The van der Waals surface area contributed by atoms with E-state index in [2.05, 4.69) is 26.1 Å². The van der Waals surface area contributed by atoms with Crippen LogP contribution in [0.1, 0.15) is 27.2 Å². The Morgan fingerprint density at radius 1 is 1.56 bits per heavy atom. The van der Waals surface area contributed by atoms with Crippen LogP contribution in [0.5, 0.6) is 0 Å². The maximum atomic E-state index is 12.0. The van der Waals surface area contributed by atoms with Crippen molar-refractivity contribution in [2.45, 2.75) is 39.3 Å². The molecule has 1 fully saturated rings. The monoisotopic (exact) mass is 228 g/mol. The quantitative estimate of drug-likeness (QED) is 0.776. The number of nitrogens with zero attached hydrogens (tertiary/aromatic N) is 1. The van der Waals surface area contributed by atoms with E-state index in [4.69, 9.17) is 4.74 Å². The van der Waals surface area contributed by atoms with Gasteiger partial charge in [-0.1, -0.05) is 13.8 Å². The van der Waals surface area contributed by atoms with Gasteiger partial charge in [0.25, 0.3) is 0 Å². The number of carbonyl (C=O) groups is 1. The van der Waals surface area contributed by atoms with Crippen LogP contribution in [0.25, 0.3) is 0 Å². The van der Waals surface area contributed by atoms with Gasteiger partial charge in [-0.25, -0.2) is 0 Å². The van der Waals surface area contributed by atoms with Gasteiger partial charge in [0.15, 0.2) is 0 Å². The first kappa shape index (κ1) is 13.5. The minimum Gasteiger partial charge on any atom is -0.384 e. The molecular weight excluding hydrogens is 204 g/mol. The molecule has 94 valence electrons. The molecule has 1 N–H and O–H groups in total. The van der Waals surface area contributed by atoms with Crippen LogP contribution < -0.4 is 5.32 Å². The molecule has 0 spiro atoms. The molecule has 0 aromatic rings. The topological polar surface area (TPSA) is 41.6 Å². The second-order valence-electron chi connectivity index (χ2n) is 4.90. The molecule has 1 heterocycles. The van der Waals surface area contributed by atoms with Crippen LogP contribution >= 0.6 is 0 Å². The third-order valence-electron chi connectivity index (χ3n) is 3.25. The van der Waals surface area contributed by atoms with Crippen LogP contribution in [0.15, 0.2) is 0 Å². The van der Waals surface area contributed by atoms with Gasteiger partial charge in [-0.2, -0.15) is 0 Å². The zero-order chi connectivity index (χ0) is 12.1. The van der Waals surface area contributed by atoms with Crippen molar-refractivity contribution in [2.75, 3.05) is 26.8 Å². The summed E-state index contributed by atoms with van der Waals surface area (Å²) in [6.45, 7) is 8.69. The highest BCUT2D eigenvalue weighted by atomic mass is 16.5. The highest BCUT2D eigenvalue weighted by Gasteiger charge is 2.29. The molecule has 1 rings (SSSR count). The first-order valence-corrected chi connectivity index (χ1v) is 6.08. The summed E-state index contributed by atoms with van der Waals surface area (Å²) < 4.78 is 4.95. The summed E-state index contributed by atoms with van der Waals surface area (Å²) in [6, 6.07) is 0.710. The van der Waals surface area contributed by atoms with Crippen molar-refractivity contribution < 1.29 is 9.53 Å². The fraction of sp³-hybridized carbons (Fsp3) is 0.917. The van der Waals surface area contributed by atoms with Crippen LogP contribution in [0.2, 0.25) is 0 Å². The predicted molar refractivity (Wildman–Crippen MR) is 64.3 cm³/mol. The summed E-state index contributed by atoms with van der Waals surface area (Å²) in [5.74, 6) is 0.770. The van der Waals surface area contributed by atoms with Crippen molar-refractivity contribution >= 4 is 5.91 Å². The van der Waals surface area contributed by atoms with Gasteiger partial charge < -0.3 is 15.0 Å². The predicted octanol–water partition coefficient (Wildman–Crippen LogP) is 0.868. The Morgan fingerprint density at radius 3 is 2.81 bits per heavy atom. The van der Waals surface area contributed by atoms with Crippen molar-refractivity contribution in [3.8, 4) is 0 Å². The summed E-state index contributed by atoms with van der Waals surface area (Å²) in [7, 11) is 1.63. The number of hydrogen-bond acceptors (Lipinski definition) is 3. The molecule has 16 heavy (non-hydrogen) atoms. The smallest absolute Gasteiger partial charge is 0.225 e. The normalized spacial score (nSPS) is 26.2. The number of amides is 1. The standard InChI is InChI=1S/C12H24N2O2/c1-9(2)11-8-14(10(3)7-13-11)12(15)5-6-16-4/h9-11,13H,5-8H2,1-4H3. The maximum Gasteiger partial charge on any atom is 0.225 e. The van der Waals surface area contributed by atoms with Crippen molar-refractivity contribution in [1.82, 2.24) is 10.2 Å². The molecule has 0 radical (unpaired) electrons. The van der Waals surface area contributed by atoms with Crippen LogP contribution in [-0.4, -0.2) is 49.7 Å². The summed E-state index contributed by atoms with van der Waals surface area (Å²) in [5, 5.41) is 3.48. The molecule has 1 aliphatic heterocycles. The average Bonchev–Trinajstić information content (AvgIpc) is 2.26. The molecule has 1 saturated heterocycles. The van der Waals surface area contributed by atoms with Gasteiger partial charge in [-0.3, -0.25) is 4.79 Å². The lowest BCUT2D eigenvalue weighted by atomic mass is 9.99. The minimum absolute atomic E-state index is 0.210. The van der Waals surface area contributed by atoms with E-state index in [-0.39, 0.29) is 5.91 Å². The van der Waals surface area contributed by atoms with E-state index in [1.54, 1.807) is 7.11 Å². The minimum atomic E-state index is 0.210. The summed E-state index contributed by atoms with van der Waals surface area (Å²) >= 11 is 0. The Hall–Kier alpha value is -0.610. The summed E-state index contributed by atoms with van der Waals surface area (Å²) in [4.78, 5) is 13.9. The van der Waals surface area contributed by atoms with E-state index >= 15 is 0 Å². The Kier molecular flexibility index (Phi) is 5.22. The number of ether oxygens (including phenoxy) is 1. The third kappa shape index (κ3) is 3.46. The summed E-state index contributed by atoms with van der Waals surface area (Å²) in [6.07, 6.45) is 0.492. The number of hydrogen-bond donors (Lipinski definition) is 1. The van der Waals surface area contributed by atoms with Crippen molar-refractivity contribution in [3.05, 3.63) is 0 Å². The molecule has 2 atom stereocenters. The Balaban J connectivity index is 2.52. The Bertz CT molecular complexity index is 231. The fourth-order valence-electron chi connectivity index (χ4n) is 2.02. The van der Waals surface area contributed by atoms with Gasteiger partial charge in [-0.15, -0.1) is 0 Å². The molecule has 2 unspecified atom stereocenters. The summed E-state index contributed by atoms with van der Waals surface area (Å²) in [5.41, 5.74) is 0. The highest BCUT2D eigenvalue weighted by Crippen LogP contribution is 2.13. The molecule has 4 heteroatoms. The molecular formula is C12H24N2O2. The first-order valence-electron chi connectivity index (χ1n) is 6.08. The van der Waals surface area contributed by atoms with E-state index in [1.165, 1.54) is 0 Å². The van der Waals surface area contributed by atoms with Gasteiger partial charge in [0.05, 0.1) is 13.0 Å². The Morgan fingerprint density at radius 2 is 2.25 bits per heavy atom. The lowest BCUT2D eigenvalue weighted by Crippen LogP contribution is -2.58. The molecule has 1 aliphatic rings. The van der Waals surface area contributed by atoms with Gasteiger partial charge in [0.1, 0.15) is 0 Å². The lowest BCUT2D eigenvalue weighted by Gasteiger charge is -2.40. The van der Waals surface area contributed by atoms with Gasteiger partial charge in [0, 0.05) is 32.3 Å². The Labute approximate surface area is 98.3 Å². The molecule has 0 saturated carbocycles. The van der Waals surface area contributed by atoms with E-state index in [0.29, 0.717) is 31.0 Å². The highest BCUT2D eigenvalue weighted by molar-refractivity contribution is 5.76. The number of carbonyl (C=O) groups excluding carboxylic acids is 1. The maximum absolute atomic E-state index is 12.0. The second kappa shape index (κ2) is 6.21. The number of rotatable bonds is 4. The largest absolute Gasteiger partial charge is 0.384 e. The molecule has 1 amide bonds. The molecule has 4 nitrogen and oxygen atoms in total. The molecule has 0 aromatic carbocycles. The van der Waals surface area contributed by atoms with Crippen LogP contribution in [-0.2, 0) is 9.53 Å². The average molecular weight is 228 g/mol.